The molecule has 0 heterocycles. The van der Waals surface area contributed by atoms with E-state index in [0.29, 0.717) is 352 Å². The minimum atomic E-state index is -0.160. The van der Waals surface area contributed by atoms with E-state index >= 15 is 0 Å². The molecule has 12 amide bonds. The number of carbonyl (C=O) groups is 12. The molecule has 0 saturated heterocycles. The normalized spacial score (nSPS) is 11.3. The average molecular weight is 1670 g/mol. The van der Waals surface area contributed by atoms with E-state index in [1.54, 1.807) is 0 Å². The van der Waals surface area contributed by atoms with Crippen molar-refractivity contribution in [1.82, 2.24) is 98.5 Å². The smallest absolute Gasteiger partial charge is 0.221 e. The Morgan fingerprint density at radius 1 is 0.145 bits per heavy atom. The Hall–Kier alpha value is -6.96. The second-order valence-corrected chi connectivity index (χ2v) is 29.3. The molecule has 0 atom stereocenters. The Morgan fingerprint density at radius 3 is 0.359 bits per heavy atom. The number of nitrogens with zero attached hydrogens (tertiary/aromatic N) is 6. The molecule has 0 aromatic rings. The van der Waals surface area contributed by atoms with Crippen molar-refractivity contribution in [2.24, 2.45) is 45.9 Å². The molecule has 0 aliphatic rings. The first-order valence-corrected chi connectivity index (χ1v) is 43.6. The van der Waals surface area contributed by atoms with Gasteiger partial charge in [-0.1, -0.05) is 0 Å². The Bertz CT molecular complexity index is 2160. The SMILES string of the molecule is NCCCNC(=O)CCN(CCCNC(=O)CCN(CCCNCCCN(CCC(=O)NCCCN(CCC(=O)NCCCN)CCC(=O)NCCCN)CCC(=O)NCCCN(CCC(=O)NCCCN)CCC(=O)NCCCN)CCC(=O)NCCCN(CCC(=O)NCCCN)CCC(=O)NCCCN)CCC(=O)NCCCN. The van der Waals surface area contributed by atoms with Crippen molar-refractivity contribution in [3.05, 3.63) is 0 Å². The molecule has 0 radical (unpaired) electrons. The maximum Gasteiger partial charge on any atom is 0.221 e. The van der Waals surface area contributed by atoms with Gasteiger partial charge >= 0.3 is 0 Å². The third-order valence-corrected chi connectivity index (χ3v) is 19.0. The summed E-state index contributed by atoms with van der Waals surface area (Å²) in [4.78, 5) is 167. The molecule has 0 unspecified atom stereocenters. The quantitative estimate of drug-likeness (QED) is 0.0252. The summed E-state index contributed by atoms with van der Waals surface area (Å²) in [7, 11) is 0. The summed E-state index contributed by atoms with van der Waals surface area (Å²) in [5, 5.41) is 38.7. The lowest BCUT2D eigenvalue weighted by Gasteiger charge is -2.24. The van der Waals surface area contributed by atoms with Crippen molar-refractivity contribution in [3.8, 4) is 0 Å². The number of amides is 12. The molecule has 0 aliphatic heterocycles. The van der Waals surface area contributed by atoms with Gasteiger partial charge in [-0.2, -0.15) is 0 Å². The van der Waals surface area contributed by atoms with Crippen LogP contribution in [0.3, 0.4) is 0 Å². The highest BCUT2D eigenvalue weighted by Gasteiger charge is 2.19. The van der Waals surface area contributed by atoms with Crippen LogP contribution in [0.5, 0.6) is 0 Å². The topological polar surface area (TPSA) is 589 Å². The van der Waals surface area contributed by atoms with Crippen LogP contribution in [0.1, 0.15) is 167 Å². The zero-order chi connectivity index (χ0) is 86.3. The van der Waals surface area contributed by atoms with Crippen LogP contribution in [-0.2, 0) is 57.5 Å². The summed E-state index contributed by atoms with van der Waals surface area (Å²) in [6.07, 6.45) is 11.6. The molecule has 0 spiro atoms. The highest BCUT2D eigenvalue weighted by atomic mass is 16.2. The van der Waals surface area contributed by atoms with Gasteiger partial charge in [0.2, 0.25) is 70.9 Å². The lowest BCUT2D eigenvalue weighted by atomic mass is 10.2. The molecule has 29 N–H and O–H groups in total. The number of carbonyl (C=O) groups excluding carboxylic acids is 12. The predicted molar refractivity (Wildman–Crippen MR) is 460 cm³/mol. The van der Waals surface area contributed by atoms with E-state index in [1.807, 2.05) is 19.6 Å². The molecule has 0 bridgehead atoms. The maximum atomic E-state index is 13.5. The molecule has 39 nitrogen and oxygen atoms in total. The molecule has 0 aromatic heterocycles. The van der Waals surface area contributed by atoms with Gasteiger partial charge in [-0.15, -0.1) is 0 Å². The standard InChI is InChI=1S/C78H161N27O12/c79-27-1-37-88-67(106)15-59-102(60-16-68(107)89-38-2-28-80)51-11-45-96-75(114)23-55-100(56-24-76(115)97-46-12-52-103(61-17-69(108)90-39-3-29-81)62-18-70(109)91-40-4-30-82)49-9-35-87-36-10-50-101(57-25-77(116)98-47-13-53-104(63-19-71(110)92-41-5-31-83)64-20-72(111)93-42-6-32-84)58-26-78(117)99-48-14-54-105(65-21-73(112)94-43-7-33-85)66-22-74(113)95-44-8-34-86/h87H,1-66,79-86H2,(H,88,106)(H,89,107)(H,90,108)(H,91,109)(H,92,110)(H,93,111)(H,94,112)(H,95,113)(H,96,114)(H,97,115)(H,98,116)(H,99,117). The highest BCUT2D eigenvalue weighted by Crippen LogP contribution is 2.06. The molecule has 117 heavy (non-hydrogen) atoms. The third kappa shape index (κ3) is 72.8. The van der Waals surface area contributed by atoms with Crippen LogP contribution in [0.2, 0.25) is 0 Å². The van der Waals surface area contributed by atoms with Crippen LogP contribution in [0.4, 0.5) is 0 Å². The first-order chi connectivity index (χ1) is 56.7. The first kappa shape index (κ1) is 110. The van der Waals surface area contributed by atoms with Crippen molar-refractivity contribution >= 4 is 70.9 Å². The molecular weight excluding hydrogens is 1510 g/mol. The van der Waals surface area contributed by atoms with Crippen LogP contribution < -0.4 is 115 Å². The fourth-order valence-electron chi connectivity index (χ4n) is 11.9. The van der Waals surface area contributed by atoms with E-state index in [-0.39, 0.29) is 148 Å². The van der Waals surface area contributed by atoms with Gasteiger partial charge in [-0.25, -0.2) is 0 Å². The first-order valence-electron chi connectivity index (χ1n) is 43.6. The molecule has 680 valence electrons. The number of nitrogens with two attached hydrogens (primary N) is 8. The lowest BCUT2D eigenvalue weighted by molar-refractivity contribution is -0.123. The lowest BCUT2D eigenvalue weighted by Crippen LogP contribution is -2.38. The summed E-state index contributed by atoms with van der Waals surface area (Å²) in [6.45, 7) is 18.6. The average Bonchev–Trinajstić information content (AvgIpc) is 0.970. The van der Waals surface area contributed by atoms with Gasteiger partial charge < -0.3 is 144 Å². The van der Waals surface area contributed by atoms with Crippen molar-refractivity contribution in [3.63, 3.8) is 0 Å². The summed E-state index contributed by atoms with van der Waals surface area (Å²) in [6, 6.07) is 0. The van der Waals surface area contributed by atoms with E-state index in [0.717, 1.165) is 0 Å². The molecule has 0 fully saturated rings. The van der Waals surface area contributed by atoms with Crippen molar-refractivity contribution < 1.29 is 57.5 Å². The summed E-state index contributed by atoms with van der Waals surface area (Å²) >= 11 is 0. The fourth-order valence-corrected chi connectivity index (χ4v) is 11.9. The third-order valence-electron chi connectivity index (χ3n) is 19.0. The van der Waals surface area contributed by atoms with Crippen LogP contribution in [0.25, 0.3) is 0 Å². The largest absolute Gasteiger partial charge is 0.356 e. The van der Waals surface area contributed by atoms with Gasteiger partial charge in [-0.05, 0) is 195 Å². The zero-order valence-corrected chi connectivity index (χ0v) is 71.4. The highest BCUT2D eigenvalue weighted by molar-refractivity contribution is 5.80. The van der Waals surface area contributed by atoms with Gasteiger partial charge in [0.25, 0.3) is 0 Å². The number of nitrogens with one attached hydrogen (secondary N) is 13. The van der Waals surface area contributed by atoms with E-state index in [4.69, 9.17) is 45.9 Å². The van der Waals surface area contributed by atoms with E-state index in [1.165, 1.54) is 0 Å². The van der Waals surface area contributed by atoms with E-state index in [9.17, 15) is 57.5 Å². The summed E-state index contributed by atoms with van der Waals surface area (Å²) in [5.41, 5.74) is 44.8. The predicted octanol–water partition coefficient (Wildman–Crippen LogP) is -6.41. The minimum absolute atomic E-state index is 0.105. The summed E-state index contributed by atoms with van der Waals surface area (Å²) < 4.78 is 0. The molecule has 0 saturated carbocycles. The van der Waals surface area contributed by atoms with E-state index < -0.39 is 0 Å². The van der Waals surface area contributed by atoms with Gasteiger partial charge in [0.15, 0.2) is 0 Å². The van der Waals surface area contributed by atoms with Crippen molar-refractivity contribution in [1.29, 1.82) is 0 Å². The van der Waals surface area contributed by atoms with Crippen molar-refractivity contribution in [2.75, 3.05) is 262 Å². The summed E-state index contributed by atoms with van der Waals surface area (Å²) in [5.74, 6) is -1.48. The van der Waals surface area contributed by atoms with Gasteiger partial charge in [0.05, 0.1) is 0 Å². The Labute approximate surface area is 698 Å². The number of hydrogen-bond donors (Lipinski definition) is 21. The molecule has 0 aromatic carbocycles. The number of rotatable bonds is 84. The van der Waals surface area contributed by atoms with Crippen LogP contribution >= 0.6 is 0 Å². The molecule has 0 aliphatic carbocycles. The zero-order valence-electron chi connectivity index (χ0n) is 71.4. The Morgan fingerprint density at radius 2 is 0.248 bits per heavy atom. The molecule has 39 heteroatoms. The minimum Gasteiger partial charge on any atom is -0.356 e. The van der Waals surface area contributed by atoms with Gasteiger partial charge in [0, 0.05) is 234 Å². The van der Waals surface area contributed by atoms with Crippen LogP contribution in [0, 0.1) is 0 Å². The Balaban J connectivity index is 6.35. The van der Waals surface area contributed by atoms with Crippen LogP contribution in [0.15, 0.2) is 0 Å². The van der Waals surface area contributed by atoms with Gasteiger partial charge in [0.1, 0.15) is 0 Å². The van der Waals surface area contributed by atoms with Gasteiger partial charge in [-0.3, -0.25) is 57.5 Å². The maximum absolute atomic E-state index is 13.5. The molecule has 0 rings (SSSR count). The second kappa shape index (κ2) is 80.1. The fraction of sp³-hybridized carbons (Fsp3) is 0.846. The number of hydrogen-bond acceptors (Lipinski definition) is 27. The van der Waals surface area contributed by atoms with Crippen LogP contribution in [-0.4, -0.2) is 362 Å². The monoisotopic (exact) mass is 1670 g/mol. The van der Waals surface area contributed by atoms with Crippen molar-refractivity contribution in [2.45, 2.75) is 167 Å². The molecular formula is C78H161N27O12. The van der Waals surface area contributed by atoms with E-state index in [2.05, 4.69) is 78.9 Å². The Kier molecular flexibility index (Phi) is 75.4. The second-order valence-electron chi connectivity index (χ2n) is 29.3.